The molecule has 0 radical (unpaired) electrons. The van der Waals surface area contributed by atoms with E-state index < -0.39 is 23.5 Å². The molecule has 0 bridgehead atoms. The van der Waals surface area contributed by atoms with Gasteiger partial charge in [0.2, 0.25) is 0 Å². The summed E-state index contributed by atoms with van der Waals surface area (Å²) in [6, 6.07) is 0. The number of aliphatic carboxylic acids is 1. The van der Waals surface area contributed by atoms with Gasteiger partial charge in [0.05, 0.1) is 11.3 Å². The molecule has 19 heavy (non-hydrogen) atoms. The van der Waals surface area contributed by atoms with Gasteiger partial charge >= 0.3 is 12.1 Å². The molecule has 0 amide bonds. The summed E-state index contributed by atoms with van der Waals surface area (Å²) in [7, 11) is 0. The molecule has 0 aromatic heterocycles. The van der Waals surface area contributed by atoms with Crippen LogP contribution in [0.4, 0.5) is 13.2 Å². The summed E-state index contributed by atoms with van der Waals surface area (Å²) >= 11 is 0. The van der Waals surface area contributed by atoms with Gasteiger partial charge in [0, 0.05) is 13.1 Å². The molecular weight excluding hydrogens is 259 g/mol. The predicted octanol–water partition coefficient (Wildman–Crippen LogP) is 2.91. The Hall–Kier alpha value is -0.780. The minimum Gasteiger partial charge on any atom is -0.481 e. The standard InChI is InChI=1S/C13H20F3NO2/c14-13(15,16)10-4-7-17(8-10)9-12(11(18)19)5-2-1-3-6-12/h10H,1-9H2,(H,18,19). The average Bonchev–Trinajstić information content (AvgIpc) is 2.78. The quantitative estimate of drug-likeness (QED) is 0.863. The number of nitrogens with zero attached hydrogens (tertiary/aromatic N) is 1. The Morgan fingerprint density at radius 3 is 2.37 bits per heavy atom. The summed E-state index contributed by atoms with van der Waals surface area (Å²) in [5.74, 6) is -2.13. The summed E-state index contributed by atoms with van der Waals surface area (Å²) in [5.41, 5.74) is -0.821. The van der Waals surface area contributed by atoms with Crippen LogP contribution in [-0.2, 0) is 4.79 Å². The van der Waals surface area contributed by atoms with Crippen molar-refractivity contribution < 1.29 is 23.1 Å². The van der Waals surface area contributed by atoms with Crippen LogP contribution in [0.15, 0.2) is 0 Å². The number of carboxylic acid groups (broad SMARTS) is 1. The molecule has 0 aromatic carbocycles. The number of alkyl halides is 3. The lowest BCUT2D eigenvalue weighted by Crippen LogP contribution is -2.44. The summed E-state index contributed by atoms with van der Waals surface area (Å²) in [5, 5.41) is 9.43. The van der Waals surface area contributed by atoms with Gasteiger partial charge in [0.1, 0.15) is 0 Å². The number of hydrogen-bond donors (Lipinski definition) is 1. The van der Waals surface area contributed by atoms with Crippen LogP contribution >= 0.6 is 0 Å². The molecule has 1 saturated carbocycles. The smallest absolute Gasteiger partial charge is 0.393 e. The van der Waals surface area contributed by atoms with Crippen molar-refractivity contribution in [2.24, 2.45) is 11.3 Å². The van der Waals surface area contributed by atoms with Crippen LogP contribution in [0, 0.1) is 11.3 Å². The van der Waals surface area contributed by atoms with Crippen molar-refractivity contribution in [3.05, 3.63) is 0 Å². The van der Waals surface area contributed by atoms with Crippen molar-refractivity contribution in [1.82, 2.24) is 4.90 Å². The van der Waals surface area contributed by atoms with E-state index in [-0.39, 0.29) is 19.5 Å². The maximum absolute atomic E-state index is 12.6. The molecule has 1 atom stereocenters. The lowest BCUT2D eigenvalue weighted by molar-refractivity contribution is -0.171. The topological polar surface area (TPSA) is 40.5 Å². The Labute approximate surface area is 110 Å². The zero-order chi connectivity index (χ0) is 14.1. The predicted molar refractivity (Wildman–Crippen MR) is 63.8 cm³/mol. The lowest BCUT2D eigenvalue weighted by atomic mass is 9.73. The minimum atomic E-state index is -4.16. The second-order valence-electron chi connectivity index (χ2n) is 5.91. The van der Waals surface area contributed by atoms with Gasteiger partial charge in [-0.15, -0.1) is 0 Å². The highest BCUT2D eigenvalue weighted by Crippen LogP contribution is 2.40. The van der Waals surface area contributed by atoms with Crippen molar-refractivity contribution in [1.29, 1.82) is 0 Å². The molecular formula is C13H20F3NO2. The van der Waals surface area contributed by atoms with Crippen molar-refractivity contribution in [3.63, 3.8) is 0 Å². The van der Waals surface area contributed by atoms with Gasteiger partial charge in [0.15, 0.2) is 0 Å². The third-order valence-electron chi connectivity index (χ3n) is 4.53. The molecule has 110 valence electrons. The van der Waals surface area contributed by atoms with Gasteiger partial charge in [-0.05, 0) is 25.8 Å². The molecule has 6 heteroatoms. The third-order valence-corrected chi connectivity index (χ3v) is 4.53. The fraction of sp³-hybridized carbons (Fsp3) is 0.923. The molecule has 2 fully saturated rings. The Morgan fingerprint density at radius 1 is 1.26 bits per heavy atom. The molecule has 1 heterocycles. The summed E-state index contributed by atoms with van der Waals surface area (Å²) in [6.45, 7) is 0.590. The van der Waals surface area contributed by atoms with Crippen LogP contribution in [-0.4, -0.2) is 41.8 Å². The monoisotopic (exact) mass is 279 g/mol. The van der Waals surface area contributed by atoms with Gasteiger partial charge in [-0.2, -0.15) is 13.2 Å². The maximum Gasteiger partial charge on any atom is 0.393 e. The van der Waals surface area contributed by atoms with E-state index >= 15 is 0 Å². The molecule has 1 saturated heterocycles. The molecule has 2 aliphatic rings. The van der Waals surface area contributed by atoms with Crippen molar-refractivity contribution in [3.8, 4) is 0 Å². The first-order valence-electron chi connectivity index (χ1n) is 6.86. The molecule has 1 N–H and O–H groups in total. The number of carbonyl (C=O) groups is 1. The molecule has 2 rings (SSSR count). The van der Waals surface area contributed by atoms with E-state index in [0.29, 0.717) is 19.4 Å². The van der Waals surface area contributed by atoms with Gasteiger partial charge in [-0.25, -0.2) is 0 Å². The normalized spacial score (nSPS) is 28.5. The van der Waals surface area contributed by atoms with Crippen LogP contribution in [0.2, 0.25) is 0 Å². The zero-order valence-electron chi connectivity index (χ0n) is 10.9. The maximum atomic E-state index is 12.6. The van der Waals surface area contributed by atoms with Crippen molar-refractivity contribution in [2.75, 3.05) is 19.6 Å². The molecule has 3 nitrogen and oxygen atoms in total. The average molecular weight is 279 g/mol. The number of likely N-dealkylation sites (tertiary alicyclic amines) is 1. The second-order valence-corrected chi connectivity index (χ2v) is 5.91. The lowest BCUT2D eigenvalue weighted by Gasteiger charge is -2.36. The first-order chi connectivity index (χ1) is 8.83. The van der Waals surface area contributed by atoms with Gasteiger partial charge < -0.3 is 10.0 Å². The minimum absolute atomic E-state index is 0.0431. The first kappa shape index (κ1) is 14.6. The summed E-state index contributed by atoms with van der Waals surface area (Å²) in [4.78, 5) is 13.2. The second kappa shape index (κ2) is 5.31. The van der Waals surface area contributed by atoms with E-state index in [4.69, 9.17) is 0 Å². The Balaban J connectivity index is 1.98. The van der Waals surface area contributed by atoms with E-state index in [1.807, 2.05) is 0 Å². The van der Waals surface area contributed by atoms with Crippen LogP contribution in [0.25, 0.3) is 0 Å². The number of halogens is 3. The van der Waals surface area contributed by atoms with Crippen LogP contribution in [0.5, 0.6) is 0 Å². The Kier molecular flexibility index (Phi) is 4.08. The highest BCUT2D eigenvalue weighted by molar-refractivity contribution is 5.75. The molecule has 0 spiro atoms. The first-order valence-corrected chi connectivity index (χ1v) is 6.86. The fourth-order valence-corrected chi connectivity index (χ4v) is 3.34. The largest absolute Gasteiger partial charge is 0.481 e. The molecule has 0 aromatic rings. The molecule has 1 aliphatic heterocycles. The van der Waals surface area contributed by atoms with Crippen LogP contribution in [0.3, 0.4) is 0 Å². The van der Waals surface area contributed by atoms with E-state index in [2.05, 4.69) is 0 Å². The fourth-order valence-electron chi connectivity index (χ4n) is 3.34. The van der Waals surface area contributed by atoms with E-state index in [0.717, 1.165) is 19.3 Å². The van der Waals surface area contributed by atoms with Crippen molar-refractivity contribution >= 4 is 5.97 Å². The summed E-state index contributed by atoms with van der Waals surface area (Å²) < 4.78 is 37.9. The summed E-state index contributed by atoms with van der Waals surface area (Å²) in [6.07, 6.45) is -0.117. The highest BCUT2D eigenvalue weighted by Gasteiger charge is 2.47. The van der Waals surface area contributed by atoms with Gasteiger partial charge in [-0.3, -0.25) is 4.79 Å². The zero-order valence-corrected chi connectivity index (χ0v) is 10.9. The molecule has 1 aliphatic carbocycles. The highest BCUT2D eigenvalue weighted by atomic mass is 19.4. The van der Waals surface area contributed by atoms with E-state index in [1.165, 1.54) is 0 Å². The van der Waals surface area contributed by atoms with Crippen LogP contribution in [0.1, 0.15) is 38.5 Å². The van der Waals surface area contributed by atoms with Gasteiger partial charge in [-0.1, -0.05) is 19.3 Å². The number of carboxylic acids is 1. The molecule has 1 unspecified atom stereocenters. The number of rotatable bonds is 3. The van der Waals surface area contributed by atoms with Crippen molar-refractivity contribution in [2.45, 2.75) is 44.7 Å². The van der Waals surface area contributed by atoms with Gasteiger partial charge in [0.25, 0.3) is 0 Å². The third kappa shape index (κ3) is 3.22. The van der Waals surface area contributed by atoms with E-state index in [9.17, 15) is 23.1 Å². The Bertz CT molecular complexity index is 337. The van der Waals surface area contributed by atoms with E-state index in [1.54, 1.807) is 4.90 Å². The Morgan fingerprint density at radius 2 is 1.89 bits per heavy atom. The number of hydrogen-bond acceptors (Lipinski definition) is 2. The van der Waals surface area contributed by atoms with Crippen LogP contribution < -0.4 is 0 Å². The SMILES string of the molecule is O=C(O)C1(CN2CCC(C(F)(F)F)C2)CCCCC1.